The minimum Gasteiger partial charge on any atom is -0.368 e. The van der Waals surface area contributed by atoms with Crippen LogP contribution in [0.4, 0.5) is 5.82 Å². The summed E-state index contributed by atoms with van der Waals surface area (Å²) in [4.78, 5) is 7.17. The van der Waals surface area contributed by atoms with E-state index >= 15 is 0 Å². The van der Waals surface area contributed by atoms with Crippen LogP contribution in [0.2, 0.25) is 0 Å². The van der Waals surface area contributed by atoms with E-state index in [-0.39, 0.29) is 0 Å². The minimum absolute atomic E-state index is 0.717. The molecule has 5 rings (SSSR count). The second kappa shape index (κ2) is 8.38. The average Bonchev–Trinajstić information content (AvgIpc) is 3.42. The predicted molar refractivity (Wildman–Crippen MR) is 121 cm³/mol. The lowest BCUT2D eigenvalue weighted by molar-refractivity contribution is 0.288. The van der Waals surface area contributed by atoms with Gasteiger partial charge >= 0.3 is 0 Å². The first-order chi connectivity index (χ1) is 15.1. The van der Waals surface area contributed by atoms with Gasteiger partial charge in [-0.15, -0.1) is 10.2 Å². The summed E-state index contributed by atoms with van der Waals surface area (Å²) in [6.45, 7) is 8.58. The van der Waals surface area contributed by atoms with Crippen molar-refractivity contribution in [3.8, 4) is 11.4 Å². The van der Waals surface area contributed by atoms with E-state index in [2.05, 4.69) is 43.5 Å². The van der Waals surface area contributed by atoms with Crippen LogP contribution in [0.1, 0.15) is 29.7 Å². The summed E-state index contributed by atoms with van der Waals surface area (Å²) in [5.41, 5.74) is 5.52. The number of rotatable bonds is 6. The van der Waals surface area contributed by atoms with Crippen LogP contribution in [-0.4, -0.2) is 49.5 Å². The zero-order chi connectivity index (χ0) is 21.4. The highest BCUT2D eigenvalue weighted by Crippen LogP contribution is 2.42. The Balaban J connectivity index is 1.12. The molecule has 1 saturated heterocycles. The Morgan fingerprint density at radius 3 is 2.48 bits per heavy atom. The van der Waals surface area contributed by atoms with E-state index in [4.69, 9.17) is 0 Å². The third-order valence-corrected chi connectivity index (χ3v) is 7.02. The Labute approximate surface area is 183 Å². The van der Waals surface area contributed by atoms with Gasteiger partial charge in [0.2, 0.25) is 0 Å². The Morgan fingerprint density at radius 2 is 1.84 bits per heavy atom. The molecule has 7 nitrogen and oxygen atoms in total. The van der Waals surface area contributed by atoms with E-state index < -0.39 is 0 Å². The lowest BCUT2D eigenvalue weighted by atomic mass is 10.0. The van der Waals surface area contributed by atoms with Crippen LogP contribution in [0.5, 0.6) is 0 Å². The number of nitrogens with zero attached hydrogens (tertiary/aromatic N) is 6. The van der Waals surface area contributed by atoms with Crippen molar-refractivity contribution in [3.05, 3.63) is 53.5 Å². The molecule has 1 saturated carbocycles. The average molecular weight is 418 g/mol. The molecule has 3 aromatic heterocycles. The minimum atomic E-state index is 0.717. The predicted octanol–water partition coefficient (Wildman–Crippen LogP) is 3.46. The van der Waals surface area contributed by atoms with Gasteiger partial charge in [0, 0.05) is 39.4 Å². The number of aryl methyl sites for hydroxylation is 3. The summed E-state index contributed by atoms with van der Waals surface area (Å²) in [6, 6.07) is 8.24. The van der Waals surface area contributed by atoms with E-state index in [1.165, 1.54) is 37.2 Å². The lowest BCUT2D eigenvalue weighted by Gasteiger charge is -2.19. The second-order valence-electron chi connectivity index (χ2n) is 9.30. The molecule has 0 radical (unpaired) electrons. The number of fused-ring (bicyclic) bond motifs is 1. The molecule has 2 fully saturated rings. The molecule has 2 aliphatic rings. The van der Waals surface area contributed by atoms with Crippen molar-refractivity contribution in [2.45, 2.75) is 33.2 Å². The van der Waals surface area contributed by atoms with Crippen LogP contribution in [0.25, 0.3) is 11.4 Å². The van der Waals surface area contributed by atoms with Crippen molar-refractivity contribution in [1.82, 2.24) is 29.9 Å². The van der Waals surface area contributed by atoms with Gasteiger partial charge in [-0.1, -0.05) is 6.07 Å². The van der Waals surface area contributed by atoms with Crippen LogP contribution in [0.15, 0.2) is 36.7 Å². The van der Waals surface area contributed by atoms with Crippen molar-refractivity contribution in [3.63, 3.8) is 0 Å². The van der Waals surface area contributed by atoms with Crippen molar-refractivity contribution in [2.75, 3.05) is 25.0 Å². The van der Waals surface area contributed by atoms with Gasteiger partial charge in [0.05, 0.1) is 17.6 Å². The third-order valence-electron chi connectivity index (χ3n) is 7.02. The highest BCUT2D eigenvalue weighted by atomic mass is 15.3. The number of hydrogen-bond acceptors (Lipinski definition) is 6. The fraction of sp³-hybridized carbons (Fsp3) is 0.500. The smallest absolute Gasteiger partial charge is 0.148 e. The summed E-state index contributed by atoms with van der Waals surface area (Å²) in [5, 5.41) is 16.6. The second-order valence-corrected chi connectivity index (χ2v) is 9.30. The molecule has 3 atom stereocenters. The first kappa shape index (κ1) is 20.1. The van der Waals surface area contributed by atoms with Gasteiger partial charge in [0.15, 0.2) is 0 Å². The zero-order valence-electron chi connectivity index (χ0n) is 18.6. The molecular weight excluding hydrogens is 386 g/mol. The highest BCUT2D eigenvalue weighted by Gasteiger charge is 2.40. The van der Waals surface area contributed by atoms with E-state index in [1.807, 2.05) is 49.2 Å². The van der Waals surface area contributed by atoms with Crippen LogP contribution in [-0.2, 0) is 13.6 Å². The van der Waals surface area contributed by atoms with Crippen LogP contribution in [0.3, 0.4) is 0 Å². The van der Waals surface area contributed by atoms with Crippen molar-refractivity contribution < 1.29 is 0 Å². The monoisotopic (exact) mass is 417 g/mol. The van der Waals surface area contributed by atoms with Crippen molar-refractivity contribution in [1.29, 1.82) is 0 Å². The fourth-order valence-electron chi connectivity index (χ4n) is 5.43. The number of aromatic nitrogens is 5. The molecule has 0 aromatic carbocycles. The van der Waals surface area contributed by atoms with Gasteiger partial charge < -0.3 is 5.32 Å². The largest absolute Gasteiger partial charge is 0.368 e. The third kappa shape index (κ3) is 4.19. The number of likely N-dealkylation sites (tertiary alicyclic amines) is 1. The zero-order valence-corrected chi connectivity index (χ0v) is 18.6. The summed E-state index contributed by atoms with van der Waals surface area (Å²) < 4.78 is 1.85. The van der Waals surface area contributed by atoms with Gasteiger partial charge in [-0.05, 0) is 73.8 Å². The van der Waals surface area contributed by atoms with E-state index in [0.717, 1.165) is 53.6 Å². The van der Waals surface area contributed by atoms with Crippen LogP contribution < -0.4 is 5.32 Å². The Kier molecular flexibility index (Phi) is 5.44. The molecule has 1 aliphatic carbocycles. The van der Waals surface area contributed by atoms with Crippen molar-refractivity contribution in [2.24, 2.45) is 24.8 Å². The number of nitrogens with one attached hydrogen (secondary N) is 1. The molecule has 7 heteroatoms. The van der Waals surface area contributed by atoms with Gasteiger partial charge in [-0.2, -0.15) is 5.10 Å². The van der Waals surface area contributed by atoms with E-state index in [1.54, 1.807) is 0 Å². The molecule has 162 valence electrons. The normalized spacial score (nSPS) is 23.3. The van der Waals surface area contributed by atoms with Crippen LogP contribution >= 0.6 is 0 Å². The Morgan fingerprint density at radius 1 is 1.03 bits per heavy atom. The molecule has 1 aliphatic heterocycles. The molecule has 0 amide bonds. The maximum absolute atomic E-state index is 4.58. The Hall–Kier alpha value is -2.80. The topological polar surface area (TPSA) is 71.8 Å². The molecule has 0 bridgehead atoms. The molecule has 2 unspecified atom stereocenters. The number of pyridine rings is 1. The molecule has 0 spiro atoms. The molecule has 1 N–H and O–H groups in total. The Bertz CT molecular complexity index is 1010. The van der Waals surface area contributed by atoms with E-state index in [9.17, 15) is 0 Å². The number of anilines is 1. The van der Waals surface area contributed by atoms with Gasteiger partial charge in [0.1, 0.15) is 11.5 Å². The lowest BCUT2D eigenvalue weighted by Crippen LogP contribution is -2.24. The van der Waals surface area contributed by atoms with Gasteiger partial charge in [-0.3, -0.25) is 14.6 Å². The highest BCUT2D eigenvalue weighted by molar-refractivity contribution is 5.59. The van der Waals surface area contributed by atoms with Gasteiger partial charge in [0.25, 0.3) is 0 Å². The summed E-state index contributed by atoms with van der Waals surface area (Å²) in [5.74, 6) is 3.21. The maximum atomic E-state index is 4.58. The maximum Gasteiger partial charge on any atom is 0.148 e. The SMILES string of the molecule is Cc1cccnc1CN1CC2CC(CNc3ccc(-c4c(C)cnn4C)nn3)C[C@H]2C1. The van der Waals surface area contributed by atoms with Crippen LogP contribution in [0, 0.1) is 31.6 Å². The summed E-state index contributed by atoms with van der Waals surface area (Å²) in [6.07, 6.45) is 6.37. The quantitative estimate of drug-likeness (QED) is 0.662. The van der Waals surface area contributed by atoms with Crippen molar-refractivity contribution >= 4 is 5.82 Å². The van der Waals surface area contributed by atoms with Gasteiger partial charge in [-0.25, -0.2) is 0 Å². The molecule has 31 heavy (non-hydrogen) atoms. The molecular formula is C24H31N7. The molecule has 4 heterocycles. The number of hydrogen-bond donors (Lipinski definition) is 1. The summed E-state index contributed by atoms with van der Waals surface area (Å²) >= 11 is 0. The summed E-state index contributed by atoms with van der Waals surface area (Å²) in [7, 11) is 1.94. The first-order valence-corrected chi connectivity index (χ1v) is 11.3. The van der Waals surface area contributed by atoms with E-state index in [0.29, 0.717) is 0 Å². The fourth-order valence-corrected chi connectivity index (χ4v) is 5.43. The molecule has 3 aromatic rings. The first-order valence-electron chi connectivity index (χ1n) is 11.3. The standard InChI is InChI=1S/C24H31N7/c1-16-5-4-8-25-22(16)15-31-13-19-9-18(10-20(19)14-31)12-26-23-7-6-21(28-29-23)24-17(2)11-27-30(24)3/h4-8,11,18-20H,9-10,12-15H2,1-3H3,(H,26,29)/t18?,19-,20?/m0/s1.